The van der Waals surface area contributed by atoms with E-state index >= 15 is 0 Å². The summed E-state index contributed by atoms with van der Waals surface area (Å²) in [5.74, 6) is 0.963. The lowest BCUT2D eigenvalue weighted by molar-refractivity contribution is 0.0695. The second-order valence-corrected chi connectivity index (χ2v) is 5.15. The van der Waals surface area contributed by atoms with Gasteiger partial charge in [-0.2, -0.15) is 0 Å². The summed E-state index contributed by atoms with van der Waals surface area (Å²) in [6.07, 6.45) is 1.79. The Morgan fingerprint density at radius 3 is 2.90 bits per heavy atom. The van der Waals surface area contributed by atoms with Crippen LogP contribution < -0.4 is 4.90 Å². The van der Waals surface area contributed by atoms with E-state index in [4.69, 9.17) is 4.42 Å². The fourth-order valence-corrected chi connectivity index (χ4v) is 2.82. The van der Waals surface area contributed by atoms with E-state index < -0.39 is 5.97 Å². The third-order valence-electron chi connectivity index (χ3n) is 3.72. The van der Waals surface area contributed by atoms with Gasteiger partial charge in [-0.15, -0.1) is 0 Å². The standard InChI is InChI=1S/C16H17NO3/c1-11-7-8-12(20-11)10-17-9-3-5-13-14(16(18)19)4-2-6-15(13)17/h2,4,6-8H,3,5,9-10H2,1H3,(H,18,19). The first-order valence-electron chi connectivity index (χ1n) is 6.80. The van der Waals surface area contributed by atoms with Crippen molar-refractivity contribution >= 4 is 11.7 Å². The number of nitrogens with zero attached hydrogens (tertiary/aromatic N) is 1. The minimum atomic E-state index is -0.849. The molecule has 0 atom stereocenters. The molecular weight excluding hydrogens is 254 g/mol. The van der Waals surface area contributed by atoms with E-state index in [1.807, 2.05) is 31.2 Å². The Morgan fingerprint density at radius 2 is 2.20 bits per heavy atom. The number of hydrogen-bond donors (Lipinski definition) is 1. The van der Waals surface area contributed by atoms with Crippen LogP contribution in [0.5, 0.6) is 0 Å². The van der Waals surface area contributed by atoms with Crippen molar-refractivity contribution in [3.63, 3.8) is 0 Å². The van der Waals surface area contributed by atoms with E-state index in [1.54, 1.807) is 6.07 Å². The fraction of sp³-hybridized carbons (Fsp3) is 0.312. The van der Waals surface area contributed by atoms with E-state index in [1.165, 1.54) is 0 Å². The third-order valence-corrected chi connectivity index (χ3v) is 3.72. The molecule has 0 amide bonds. The second kappa shape index (κ2) is 5.04. The molecule has 1 N–H and O–H groups in total. The van der Waals surface area contributed by atoms with Gasteiger partial charge < -0.3 is 14.4 Å². The van der Waals surface area contributed by atoms with Crippen LogP contribution in [0.15, 0.2) is 34.7 Å². The van der Waals surface area contributed by atoms with Gasteiger partial charge in [0.2, 0.25) is 0 Å². The van der Waals surface area contributed by atoms with E-state index in [0.717, 1.165) is 42.2 Å². The number of benzene rings is 1. The SMILES string of the molecule is Cc1ccc(CN2CCCc3c(C(=O)O)cccc32)o1. The molecule has 1 aromatic carbocycles. The van der Waals surface area contributed by atoms with Gasteiger partial charge in [0.1, 0.15) is 11.5 Å². The van der Waals surface area contributed by atoms with Crippen molar-refractivity contribution in [1.82, 2.24) is 0 Å². The number of rotatable bonds is 3. The van der Waals surface area contributed by atoms with Crippen molar-refractivity contribution in [3.8, 4) is 0 Å². The van der Waals surface area contributed by atoms with Crippen molar-refractivity contribution in [1.29, 1.82) is 0 Å². The van der Waals surface area contributed by atoms with Crippen molar-refractivity contribution in [2.75, 3.05) is 11.4 Å². The molecule has 0 bridgehead atoms. The first-order chi connectivity index (χ1) is 9.65. The molecule has 104 valence electrons. The summed E-state index contributed by atoms with van der Waals surface area (Å²) in [6, 6.07) is 9.42. The number of carboxylic acids is 1. The summed E-state index contributed by atoms with van der Waals surface area (Å²) >= 11 is 0. The van der Waals surface area contributed by atoms with Crippen LogP contribution >= 0.6 is 0 Å². The average molecular weight is 271 g/mol. The van der Waals surface area contributed by atoms with Crippen LogP contribution in [-0.2, 0) is 13.0 Å². The Morgan fingerprint density at radius 1 is 1.35 bits per heavy atom. The summed E-state index contributed by atoms with van der Waals surface area (Å²) in [7, 11) is 0. The zero-order valence-corrected chi connectivity index (χ0v) is 11.4. The molecule has 2 heterocycles. The van der Waals surface area contributed by atoms with Crippen LogP contribution in [0.25, 0.3) is 0 Å². The maximum Gasteiger partial charge on any atom is 0.336 e. The molecule has 0 radical (unpaired) electrons. The monoisotopic (exact) mass is 271 g/mol. The number of fused-ring (bicyclic) bond motifs is 1. The first-order valence-corrected chi connectivity index (χ1v) is 6.80. The third kappa shape index (κ3) is 2.29. The first kappa shape index (κ1) is 12.8. The van der Waals surface area contributed by atoms with Gasteiger partial charge in [0.05, 0.1) is 12.1 Å². The Labute approximate surface area is 117 Å². The summed E-state index contributed by atoms with van der Waals surface area (Å²) in [6.45, 7) is 3.54. The molecule has 1 aliphatic rings. The number of furan rings is 1. The van der Waals surface area contributed by atoms with Crippen molar-refractivity contribution in [2.45, 2.75) is 26.3 Å². The lowest BCUT2D eigenvalue weighted by Crippen LogP contribution is -2.29. The van der Waals surface area contributed by atoms with Crippen LogP contribution in [0.2, 0.25) is 0 Å². The summed E-state index contributed by atoms with van der Waals surface area (Å²) in [4.78, 5) is 13.5. The Kier molecular flexibility index (Phi) is 3.22. The minimum absolute atomic E-state index is 0.419. The number of aryl methyl sites for hydroxylation is 1. The van der Waals surface area contributed by atoms with Crippen LogP contribution in [0.3, 0.4) is 0 Å². The van der Waals surface area contributed by atoms with E-state index in [2.05, 4.69) is 4.90 Å². The van der Waals surface area contributed by atoms with Crippen LogP contribution in [0.4, 0.5) is 5.69 Å². The number of carboxylic acid groups (broad SMARTS) is 1. The number of anilines is 1. The summed E-state index contributed by atoms with van der Waals surface area (Å²) in [5.41, 5.74) is 2.38. The quantitative estimate of drug-likeness (QED) is 0.931. The molecule has 0 spiro atoms. The predicted octanol–water partition coefficient (Wildman–Crippen LogP) is 3.24. The smallest absolute Gasteiger partial charge is 0.336 e. The molecule has 1 aliphatic heterocycles. The molecule has 0 saturated heterocycles. The second-order valence-electron chi connectivity index (χ2n) is 5.15. The number of hydrogen-bond acceptors (Lipinski definition) is 3. The summed E-state index contributed by atoms with van der Waals surface area (Å²) < 4.78 is 5.62. The van der Waals surface area contributed by atoms with Gasteiger partial charge in [-0.1, -0.05) is 6.07 Å². The van der Waals surface area contributed by atoms with Gasteiger partial charge in [0.25, 0.3) is 0 Å². The molecule has 0 unspecified atom stereocenters. The van der Waals surface area contributed by atoms with Gasteiger partial charge in [-0.25, -0.2) is 4.79 Å². The lowest BCUT2D eigenvalue weighted by atomic mass is 9.96. The highest BCUT2D eigenvalue weighted by Gasteiger charge is 2.22. The molecule has 3 rings (SSSR count). The van der Waals surface area contributed by atoms with Crippen molar-refractivity contribution in [2.24, 2.45) is 0 Å². The number of aromatic carboxylic acids is 1. The molecular formula is C16H17NO3. The Hall–Kier alpha value is -2.23. The van der Waals surface area contributed by atoms with Gasteiger partial charge in [-0.3, -0.25) is 0 Å². The molecule has 0 fully saturated rings. The van der Waals surface area contributed by atoms with E-state index in [0.29, 0.717) is 12.1 Å². The maximum atomic E-state index is 11.3. The highest BCUT2D eigenvalue weighted by Crippen LogP contribution is 2.31. The van der Waals surface area contributed by atoms with Gasteiger partial charge in [-0.05, 0) is 49.6 Å². The zero-order chi connectivity index (χ0) is 14.1. The minimum Gasteiger partial charge on any atom is -0.478 e. The summed E-state index contributed by atoms with van der Waals surface area (Å²) in [5, 5.41) is 9.28. The average Bonchev–Trinajstić information content (AvgIpc) is 2.84. The molecule has 1 aromatic heterocycles. The number of carbonyl (C=O) groups is 1. The largest absolute Gasteiger partial charge is 0.478 e. The van der Waals surface area contributed by atoms with E-state index in [9.17, 15) is 9.90 Å². The Balaban J connectivity index is 1.94. The van der Waals surface area contributed by atoms with Crippen molar-refractivity contribution in [3.05, 3.63) is 53.0 Å². The molecule has 0 aliphatic carbocycles. The van der Waals surface area contributed by atoms with Crippen LogP contribution in [-0.4, -0.2) is 17.6 Å². The van der Waals surface area contributed by atoms with Gasteiger partial charge in [0, 0.05) is 12.2 Å². The topological polar surface area (TPSA) is 53.7 Å². The van der Waals surface area contributed by atoms with Gasteiger partial charge in [0.15, 0.2) is 0 Å². The fourth-order valence-electron chi connectivity index (χ4n) is 2.82. The maximum absolute atomic E-state index is 11.3. The molecule has 4 nitrogen and oxygen atoms in total. The molecule has 20 heavy (non-hydrogen) atoms. The van der Waals surface area contributed by atoms with E-state index in [-0.39, 0.29) is 0 Å². The normalized spacial score (nSPS) is 14.2. The van der Waals surface area contributed by atoms with Gasteiger partial charge >= 0.3 is 5.97 Å². The predicted molar refractivity (Wildman–Crippen MR) is 76.2 cm³/mol. The molecule has 2 aromatic rings. The van der Waals surface area contributed by atoms with Crippen LogP contribution in [0.1, 0.15) is 33.9 Å². The molecule has 4 heteroatoms. The highest BCUT2D eigenvalue weighted by atomic mass is 16.4. The Bertz CT molecular complexity index is 645. The highest BCUT2D eigenvalue weighted by molar-refractivity contribution is 5.91. The lowest BCUT2D eigenvalue weighted by Gasteiger charge is -2.31. The van der Waals surface area contributed by atoms with Crippen LogP contribution in [0, 0.1) is 6.92 Å². The zero-order valence-electron chi connectivity index (χ0n) is 11.4. The van der Waals surface area contributed by atoms with Crippen molar-refractivity contribution < 1.29 is 14.3 Å². The molecule has 0 saturated carbocycles.